The summed E-state index contributed by atoms with van der Waals surface area (Å²) in [6.07, 6.45) is 14.6. The van der Waals surface area contributed by atoms with E-state index in [1.807, 2.05) is 12.1 Å². The molecule has 0 amide bonds. The van der Waals surface area contributed by atoms with E-state index in [2.05, 4.69) is 39.1 Å². The van der Waals surface area contributed by atoms with Crippen LogP contribution in [0.25, 0.3) is 11.4 Å². The Morgan fingerprint density at radius 3 is 2.59 bits per heavy atom. The minimum absolute atomic E-state index is 0.781. The number of hydrogen-bond donors (Lipinski definition) is 0. The number of rotatable bonds is 11. The summed E-state index contributed by atoms with van der Waals surface area (Å²) in [4.78, 5) is 9.62. The predicted molar refractivity (Wildman–Crippen MR) is 121 cm³/mol. The average molecular weight is 395 g/mol. The lowest BCUT2D eigenvalue weighted by Gasteiger charge is -2.27. The van der Waals surface area contributed by atoms with Crippen molar-refractivity contribution in [3.63, 3.8) is 0 Å². The first kappa shape index (κ1) is 21.8. The zero-order valence-corrected chi connectivity index (χ0v) is 18.6. The van der Waals surface area contributed by atoms with E-state index in [9.17, 15) is 0 Å². The molecule has 0 radical (unpaired) electrons. The highest BCUT2D eigenvalue weighted by atomic mass is 16.5. The summed E-state index contributed by atoms with van der Waals surface area (Å²) in [5, 5.41) is 0. The van der Waals surface area contributed by atoms with Gasteiger partial charge in [0.05, 0.1) is 6.61 Å². The van der Waals surface area contributed by atoms with Gasteiger partial charge in [-0.25, -0.2) is 9.97 Å². The van der Waals surface area contributed by atoms with E-state index in [1.54, 1.807) is 0 Å². The van der Waals surface area contributed by atoms with Crippen LogP contribution in [0, 0.1) is 11.8 Å². The largest absolute Gasteiger partial charge is 0.494 e. The highest BCUT2D eigenvalue weighted by Crippen LogP contribution is 2.32. The molecule has 158 valence electrons. The van der Waals surface area contributed by atoms with E-state index >= 15 is 0 Å². The quantitative estimate of drug-likeness (QED) is 0.384. The van der Waals surface area contributed by atoms with E-state index < -0.39 is 0 Å². The Morgan fingerprint density at radius 1 is 1.07 bits per heavy atom. The molecule has 2 aromatic rings. The van der Waals surface area contributed by atoms with Crippen molar-refractivity contribution in [3.8, 4) is 17.1 Å². The number of benzene rings is 1. The van der Waals surface area contributed by atoms with Crippen LogP contribution in [-0.2, 0) is 12.8 Å². The molecule has 0 aliphatic heterocycles. The maximum absolute atomic E-state index is 5.76. The van der Waals surface area contributed by atoms with Gasteiger partial charge in [0.1, 0.15) is 5.75 Å². The topological polar surface area (TPSA) is 35.0 Å². The number of aromatic nitrogens is 2. The van der Waals surface area contributed by atoms with Gasteiger partial charge in [0, 0.05) is 17.5 Å². The molecule has 0 saturated carbocycles. The lowest BCUT2D eigenvalue weighted by Crippen LogP contribution is -2.19. The molecule has 0 saturated heterocycles. The Morgan fingerprint density at radius 2 is 1.86 bits per heavy atom. The van der Waals surface area contributed by atoms with Gasteiger partial charge in [-0.05, 0) is 73.8 Å². The Hall–Kier alpha value is -1.90. The number of aryl methyl sites for hydroxylation is 1. The monoisotopic (exact) mass is 394 g/mol. The molecular weight excluding hydrogens is 356 g/mol. The molecule has 1 aliphatic rings. The smallest absolute Gasteiger partial charge is 0.159 e. The van der Waals surface area contributed by atoms with Crippen molar-refractivity contribution < 1.29 is 4.74 Å². The molecule has 1 heterocycles. The molecule has 3 nitrogen and oxygen atoms in total. The van der Waals surface area contributed by atoms with Crippen LogP contribution in [0.15, 0.2) is 30.5 Å². The average Bonchev–Trinajstić information content (AvgIpc) is 2.77. The number of ether oxygens (including phenoxy) is 1. The Balaban J connectivity index is 1.61. The molecule has 0 N–H and O–H groups in total. The third kappa shape index (κ3) is 6.29. The molecule has 1 aliphatic carbocycles. The summed E-state index contributed by atoms with van der Waals surface area (Å²) in [6.45, 7) is 7.61. The molecule has 3 rings (SSSR count). The SMILES string of the molecule is CCCCOc1ccc(-c2ncc3c(n2)CCC(CC(CC)CCCC)C3)cc1. The first-order valence-corrected chi connectivity index (χ1v) is 11.8. The van der Waals surface area contributed by atoms with E-state index in [4.69, 9.17) is 14.7 Å². The first-order valence-electron chi connectivity index (χ1n) is 11.8. The lowest BCUT2D eigenvalue weighted by atomic mass is 9.79. The fraction of sp³-hybridized carbons (Fsp3) is 0.615. The first-order chi connectivity index (χ1) is 14.2. The van der Waals surface area contributed by atoms with Crippen LogP contribution in [0.1, 0.15) is 83.4 Å². The van der Waals surface area contributed by atoms with Crippen LogP contribution in [-0.4, -0.2) is 16.6 Å². The summed E-state index contributed by atoms with van der Waals surface area (Å²) < 4.78 is 5.76. The molecule has 0 fully saturated rings. The number of nitrogens with zero attached hydrogens (tertiary/aromatic N) is 2. The summed E-state index contributed by atoms with van der Waals surface area (Å²) >= 11 is 0. The van der Waals surface area contributed by atoms with Gasteiger partial charge in [-0.2, -0.15) is 0 Å². The zero-order valence-electron chi connectivity index (χ0n) is 18.6. The van der Waals surface area contributed by atoms with Gasteiger partial charge in [0.15, 0.2) is 5.82 Å². The number of hydrogen-bond acceptors (Lipinski definition) is 3. The van der Waals surface area contributed by atoms with E-state index in [0.717, 1.165) is 61.3 Å². The number of unbranched alkanes of at least 4 members (excludes halogenated alkanes) is 2. The summed E-state index contributed by atoms with van der Waals surface area (Å²) in [5.74, 6) is 3.46. The maximum atomic E-state index is 5.76. The third-order valence-electron chi connectivity index (χ3n) is 6.34. The molecule has 0 bridgehead atoms. The molecule has 2 unspecified atom stereocenters. The summed E-state index contributed by atoms with van der Waals surface area (Å²) in [6, 6.07) is 8.22. The van der Waals surface area contributed by atoms with E-state index in [1.165, 1.54) is 49.8 Å². The molecule has 0 spiro atoms. The second-order valence-electron chi connectivity index (χ2n) is 8.65. The Kier molecular flexibility index (Phi) is 8.52. The van der Waals surface area contributed by atoms with Crippen molar-refractivity contribution in [1.29, 1.82) is 0 Å². The maximum Gasteiger partial charge on any atom is 0.159 e. The van der Waals surface area contributed by atoms with Crippen LogP contribution in [0.4, 0.5) is 0 Å². The van der Waals surface area contributed by atoms with Gasteiger partial charge in [0.2, 0.25) is 0 Å². The van der Waals surface area contributed by atoms with E-state index in [-0.39, 0.29) is 0 Å². The van der Waals surface area contributed by atoms with Crippen LogP contribution >= 0.6 is 0 Å². The van der Waals surface area contributed by atoms with Crippen molar-refractivity contribution in [3.05, 3.63) is 41.7 Å². The minimum atomic E-state index is 0.781. The molecular formula is C26H38N2O. The Labute approximate surface area is 177 Å². The van der Waals surface area contributed by atoms with Crippen LogP contribution in [0.2, 0.25) is 0 Å². The number of fused-ring (bicyclic) bond motifs is 1. The fourth-order valence-electron chi connectivity index (χ4n) is 4.41. The van der Waals surface area contributed by atoms with Gasteiger partial charge >= 0.3 is 0 Å². The van der Waals surface area contributed by atoms with Gasteiger partial charge in [-0.15, -0.1) is 0 Å². The summed E-state index contributed by atoms with van der Waals surface area (Å²) in [7, 11) is 0. The second kappa shape index (κ2) is 11.3. The molecule has 1 aromatic heterocycles. The van der Waals surface area contributed by atoms with Gasteiger partial charge in [-0.3, -0.25) is 0 Å². The summed E-state index contributed by atoms with van der Waals surface area (Å²) in [5.41, 5.74) is 3.70. The molecule has 3 heteroatoms. The minimum Gasteiger partial charge on any atom is -0.494 e. The van der Waals surface area contributed by atoms with Gasteiger partial charge < -0.3 is 4.74 Å². The van der Waals surface area contributed by atoms with Crippen LogP contribution in [0.3, 0.4) is 0 Å². The van der Waals surface area contributed by atoms with Crippen LogP contribution in [0.5, 0.6) is 5.75 Å². The van der Waals surface area contributed by atoms with Crippen molar-refractivity contribution in [1.82, 2.24) is 9.97 Å². The van der Waals surface area contributed by atoms with Crippen molar-refractivity contribution >= 4 is 0 Å². The molecule has 2 atom stereocenters. The normalized spacial score (nSPS) is 17.0. The van der Waals surface area contributed by atoms with Gasteiger partial charge in [-0.1, -0.05) is 52.9 Å². The lowest BCUT2D eigenvalue weighted by molar-refractivity contribution is 0.309. The van der Waals surface area contributed by atoms with Crippen molar-refractivity contribution in [2.75, 3.05) is 6.61 Å². The van der Waals surface area contributed by atoms with E-state index in [0.29, 0.717) is 0 Å². The predicted octanol–water partition coefficient (Wildman–Crippen LogP) is 7.03. The second-order valence-corrected chi connectivity index (χ2v) is 8.65. The van der Waals surface area contributed by atoms with Crippen molar-refractivity contribution in [2.24, 2.45) is 11.8 Å². The van der Waals surface area contributed by atoms with Crippen LogP contribution < -0.4 is 4.74 Å². The van der Waals surface area contributed by atoms with Crippen molar-refractivity contribution in [2.45, 2.75) is 85.0 Å². The highest BCUT2D eigenvalue weighted by molar-refractivity contribution is 5.56. The zero-order chi connectivity index (χ0) is 20.5. The fourth-order valence-corrected chi connectivity index (χ4v) is 4.41. The standard InChI is InChI=1S/C26H38N2O/c1-4-7-9-20(6-3)17-21-10-15-25-23(18-21)19-27-26(28-25)22-11-13-24(14-12-22)29-16-8-5-2/h11-14,19-21H,4-10,15-18H2,1-3H3. The third-order valence-corrected chi connectivity index (χ3v) is 6.34. The highest BCUT2D eigenvalue weighted by Gasteiger charge is 2.23. The van der Waals surface area contributed by atoms with Gasteiger partial charge in [0.25, 0.3) is 0 Å². The Bertz CT molecular complexity index is 741. The molecule has 1 aromatic carbocycles. The molecule has 29 heavy (non-hydrogen) atoms.